The molecule has 0 fully saturated rings. The van der Waals surface area contributed by atoms with Gasteiger partial charge in [0, 0.05) is 30.5 Å². The van der Waals surface area contributed by atoms with E-state index in [4.69, 9.17) is 4.52 Å². The van der Waals surface area contributed by atoms with Gasteiger partial charge in [-0.15, -0.1) is 0 Å². The van der Waals surface area contributed by atoms with E-state index in [0.717, 1.165) is 46.5 Å². The molecule has 2 N–H and O–H groups in total. The van der Waals surface area contributed by atoms with Crippen LogP contribution in [0, 0.1) is 13.8 Å². The molecular weight excluding hydrogens is 438 g/mol. The highest BCUT2D eigenvalue weighted by atomic mass is 16.5. The summed E-state index contributed by atoms with van der Waals surface area (Å²) in [7, 11) is 0. The molecule has 35 heavy (non-hydrogen) atoms. The van der Waals surface area contributed by atoms with E-state index < -0.39 is 0 Å². The van der Waals surface area contributed by atoms with Gasteiger partial charge in [0.25, 0.3) is 0 Å². The van der Waals surface area contributed by atoms with Gasteiger partial charge in [-0.05, 0) is 55.7 Å². The topological polar surface area (TPSA) is 96.7 Å². The van der Waals surface area contributed by atoms with E-state index in [1.165, 1.54) is 11.1 Å². The quantitative estimate of drug-likeness (QED) is 0.312. The molecule has 1 amide bonds. The molecule has 0 saturated carbocycles. The van der Waals surface area contributed by atoms with Crippen LogP contribution in [0.25, 0.3) is 22.4 Å². The summed E-state index contributed by atoms with van der Waals surface area (Å²) in [6.07, 6.45) is 2.27. The second-order valence-corrected chi connectivity index (χ2v) is 8.83. The fourth-order valence-electron chi connectivity index (χ4n) is 3.98. The zero-order valence-corrected chi connectivity index (χ0v) is 19.8. The minimum absolute atomic E-state index is 0.0927. The Balaban J connectivity index is 1.14. The maximum Gasteiger partial charge on any atom is 0.227 e. The highest BCUT2D eigenvalue weighted by Gasteiger charge is 2.11. The number of nitrogens with zero attached hydrogens (tertiary/aromatic N) is 3. The Morgan fingerprint density at radius 2 is 1.74 bits per heavy atom. The molecule has 2 heterocycles. The standard InChI is InChI=1S/C28H27N5O2/c1-18-6-10-21(11-7-18)28-32-27(35-33-28)15-14-26(34)29-22-5-3-4-20(17-22)9-13-25-30-23-12-8-19(2)16-24(23)31-25/h3-8,10-12,16-17H,9,13-15H2,1-2H3,(H,29,34)(H,30,31). The molecule has 2 aromatic heterocycles. The number of rotatable bonds is 8. The number of carbonyl (C=O) groups excluding carboxylic acids is 1. The van der Waals surface area contributed by atoms with Crippen LogP contribution in [0.4, 0.5) is 5.69 Å². The molecule has 0 saturated heterocycles. The Morgan fingerprint density at radius 1 is 0.914 bits per heavy atom. The Bertz CT molecular complexity index is 1470. The molecule has 0 atom stereocenters. The van der Waals surface area contributed by atoms with Crippen molar-refractivity contribution in [1.82, 2.24) is 20.1 Å². The minimum atomic E-state index is -0.0927. The lowest BCUT2D eigenvalue weighted by Crippen LogP contribution is -2.12. The second kappa shape index (κ2) is 9.93. The summed E-state index contributed by atoms with van der Waals surface area (Å²) in [6, 6.07) is 22.1. The first-order valence-corrected chi connectivity index (χ1v) is 11.8. The molecule has 0 aliphatic rings. The number of aryl methyl sites for hydroxylation is 5. The number of amides is 1. The number of nitrogens with one attached hydrogen (secondary N) is 2. The molecule has 0 bridgehead atoms. The van der Waals surface area contributed by atoms with E-state index in [1.54, 1.807) is 0 Å². The van der Waals surface area contributed by atoms with E-state index in [-0.39, 0.29) is 12.3 Å². The molecule has 0 spiro atoms. The Morgan fingerprint density at radius 3 is 2.60 bits per heavy atom. The first kappa shape index (κ1) is 22.5. The van der Waals surface area contributed by atoms with E-state index in [9.17, 15) is 4.79 Å². The predicted octanol–water partition coefficient (Wildman–Crippen LogP) is 5.59. The van der Waals surface area contributed by atoms with E-state index in [2.05, 4.69) is 50.5 Å². The number of aromatic nitrogens is 4. The average molecular weight is 466 g/mol. The van der Waals surface area contributed by atoms with Crippen LogP contribution in [0.1, 0.15) is 34.8 Å². The van der Waals surface area contributed by atoms with Crippen LogP contribution in [0.15, 0.2) is 71.3 Å². The summed E-state index contributed by atoms with van der Waals surface area (Å²) < 4.78 is 5.32. The van der Waals surface area contributed by atoms with Gasteiger partial charge in [0.2, 0.25) is 17.6 Å². The van der Waals surface area contributed by atoms with Crippen molar-refractivity contribution in [2.45, 2.75) is 39.5 Å². The molecule has 0 aliphatic carbocycles. The Hall–Kier alpha value is -4.26. The van der Waals surface area contributed by atoms with Gasteiger partial charge in [-0.3, -0.25) is 4.79 Å². The van der Waals surface area contributed by atoms with Crippen LogP contribution >= 0.6 is 0 Å². The van der Waals surface area contributed by atoms with Gasteiger partial charge in [-0.2, -0.15) is 4.98 Å². The number of H-pyrrole nitrogens is 1. The lowest BCUT2D eigenvalue weighted by molar-refractivity contribution is -0.116. The van der Waals surface area contributed by atoms with Crippen LogP contribution in [0.2, 0.25) is 0 Å². The van der Waals surface area contributed by atoms with Gasteiger partial charge < -0.3 is 14.8 Å². The highest BCUT2D eigenvalue weighted by molar-refractivity contribution is 5.90. The van der Waals surface area contributed by atoms with Gasteiger partial charge in [0.15, 0.2) is 0 Å². The van der Waals surface area contributed by atoms with Crippen LogP contribution in [0.5, 0.6) is 0 Å². The summed E-state index contributed by atoms with van der Waals surface area (Å²) in [5, 5.41) is 7.00. The van der Waals surface area contributed by atoms with E-state index in [0.29, 0.717) is 18.1 Å². The summed E-state index contributed by atoms with van der Waals surface area (Å²) in [6.45, 7) is 4.10. The highest BCUT2D eigenvalue weighted by Crippen LogP contribution is 2.18. The maximum absolute atomic E-state index is 12.5. The number of anilines is 1. The smallest absolute Gasteiger partial charge is 0.227 e. The third-order valence-corrected chi connectivity index (χ3v) is 5.89. The van der Waals surface area contributed by atoms with Crippen molar-refractivity contribution in [3.05, 3.63) is 95.1 Å². The number of imidazole rings is 1. The Labute approximate surface area is 203 Å². The second-order valence-electron chi connectivity index (χ2n) is 8.83. The Kier molecular flexibility index (Phi) is 6.39. The molecule has 0 unspecified atom stereocenters. The normalized spacial score (nSPS) is 11.1. The molecule has 0 aliphatic heterocycles. The fourth-order valence-corrected chi connectivity index (χ4v) is 3.98. The largest absolute Gasteiger partial charge is 0.342 e. The van der Waals surface area contributed by atoms with E-state index in [1.807, 2.05) is 55.5 Å². The van der Waals surface area contributed by atoms with Crippen molar-refractivity contribution in [3.63, 3.8) is 0 Å². The van der Waals surface area contributed by atoms with Crippen LogP contribution in [-0.2, 0) is 24.1 Å². The predicted molar refractivity (Wildman–Crippen MR) is 136 cm³/mol. The summed E-state index contributed by atoms with van der Waals surface area (Å²) >= 11 is 0. The number of aromatic amines is 1. The zero-order valence-electron chi connectivity index (χ0n) is 19.8. The van der Waals surface area contributed by atoms with Gasteiger partial charge >= 0.3 is 0 Å². The van der Waals surface area contributed by atoms with Crippen molar-refractivity contribution in [2.75, 3.05) is 5.32 Å². The molecule has 0 radical (unpaired) electrons. The third kappa shape index (κ3) is 5.63. The van der Waals surface area contributed by atoms with E-state index >= 15 is 0 Å². The van der Waals surface area contributed by atoms with Crippen LogP contribution in [-0.4, -0.2) is 26.0 Å². The number of fused-ring (bicyclic) bond motifs is 1. The maximum atomic E-state index is 12.5. The summed E-state index contributed by atoms with van der Waals surface area (Å²) in [4.78, 5) is 25.0. The van der Waals surface area contributed by atoms with Gasteiger partial charge in [0.1, 0.15) is 5.82 Å². The molecule has 3 aromatic carbocycles. The molecule has 5 rings (SSSR count). The lowest BCUT2D eigenvalue weighted by Gasteiger charge is -2.07. The SMILES string of the molecule is Cc1ccc(-c2noc(CCC(=O)Nc3cccc(CCc4nc5ccc(C)cc5[nH]4)c3)n2)cc1. The average Bonchev–Trinajstić information content (AvgIpc) is 3.49. The zero-order chi connectivity index (χ0) is 24.2. The molecule has 7 heteroatoms. The van der Waals surface area contributed by atoms with Gasteiger partial charge in [-0.1, -0.05) is 53.2 Å². The number of benzene rings is 3. The minimum Gasteiger partial charge on any atom is -0.342 e. The molecule has 176 valence electrons. The molecule has 5 aromatic rings. The third-order valence-electron chi connectivity index (χ3n) is 5.89. The summed E-state index contributed by atoms with van der Waals surface area (Å²) in [5.74, 6) is 1.85. The monoisotopic (exact) mass is 465 g/mol. The van der Waals surface area contributed by atoms with Crippen molar-refractivity contribution < 1.29 is 9.32 Å². The van der Waals surface area contributed by atoms with Crippen molar-refractivity contribution >= 4 is 22.6 Å². The van der Waals surface area contributed by atoms with Crippen molar-refractivity contribution in [3.8, 4) is 11.4 Å². The molecule has 7 nitrogen and oxygen atoms in total. The van der Waals surface area contributed by atoms with Crippen molar-refractivity contribution in [2.24, 2.45) is 0 Å². The summed E-state index contributed by atoms with van der Waals surface area (Å²) in [5.41, 5.74) is 7.24. The number of hydrogen-bond acceptors (Lipinski definition) is 5. The van der Waals surface area contributed by atoms with Gasteiger partial charge in [0.05, 0.1) is 11.0 Å². The molecular formula is C28H27N5O2. The van der Waals surface area contributed by atoms with Crippen molar-refractivity contribution in [1.29, 1.82) is 0 Å². The fraction of sp³-hybridized carbons (Fsp3) is 0.214. The lowest BCUT2D eigenvalue weighted by atomic mass is 10.1. The van der Waals surface area contributed by atoms with Crippen LogP contribution in [0.3, 0.4) is 0 Å². The number of hydrogen-bond donors (Lipinski definition) is 2. The van der Waals surface area contributed by atoms with Gasteiger partial charge in [-0.25, -0.2) is 4.98 Å². The first-order chi connectivity index (χ1) is 17.0. The first-order valence-electron chi connectivity index (χ1n) is 11.8. The van der Waals surface area contributed by atoms with Crippen LogP contribution < -0.4 is 5.32 Å². The number of carbonyl (C=O) groups is 1.